The Morgan fingerprint density at radius 1 is 0.636 bits per heavy atom. The summed E-state index contributed by atoms with van der Waals surface area (Å²) < 4.78 is 0. The van der Waals surface area contributed by atoms with Gasteiger partial charge in [-0.15, -0.1) is 0 Å². The summed E-state index contributed by atoms with van der Waals surface area (Å²) in [4.78, 5) is 0. The molecule has 0 nitrogen and oxygen atoms in total. The maximum Gasteiger partial charge on any atom is -0.0282 e. The van der Waals surface area contributed by atoms with Gasteiger partial charge in [-0.3, -0.25) is 8.29 Å². The zero-order chi connectivity index (χ0) is 9.56. The quantitative estimate of drug-likeness (QED) is 0.609. The first-order valence-corrected chi connectivity index (χ1v) is 8.62. The van der Waals surface area contributed by atoms with E-state index in [1.54, 1.807) is 0 Å². The largest absolute Gasteiger partial charge is 0.280 e. The van der Waals surface area contributed by atoms with Gasteiger partial charge in [-0.25, -0.2) is 0 Å². The Morgan fingerprint density at radius 2 is 0.818 bits per heavy atom. The SMILES string of the molecule is CC(C)S(C)(C)(C)(C)C(C)C. The van der Waals surface area contributed by atoms with Crippen LogP contribution in [-0.2, 0) is 0 Å². The molecule has 1 heteroatoms. The van der Waals surface area contributed by atoms with Gasteiger partial charge in [0.25, 0.3) is 0 Å². The van der Waals surface area contributed by atoms with Crippen molar-refractivity contribution >= 4 is 8.29 Å². The van der Waals surface area contributed by atoms with E-state index in [9.17, 15) is 0 Å². The van der Waals surface area contributed by atoms with E-state index in [1.165, 1.54) is 0 Å². The van der Waals surface area contributed by atoms with Gasteiger partial charge in [0, 0.05) is 0 Å². The lowest BCUT2D eigenvalue weighted by Gasteiger charge is -2.76. The molecule has 0 atom stereocenters. The summed E-state index contributed by atoms with van der Waals surface area (Å²) in [5, 5.41) is 1.60. The molecule has 0 saturated carbocycles. The Bertz CT molecular complexity index is 140. The molecule has 0 heterocycles. The van der Waals surface area contributed by atoms with E-state index in [-0.39, 0.29) is 0 Å². The molecule has 0 saturated heterocycles. The van der Waals surface area contributed by atoms with Crippen molar-refractivity contribution in [3.05, 3.63) is 0 Å². The summed E-state index contributed by atoms with van der Waals surface area (Å²) in [6.07, 6.45) is 9.98. The number of hydrogen-bond donors (Lipinski definition) is 0. The third kappa shape index (κ3) is 1.74. The molecule has 0 radical (unpaired) electrons. The second kappa shape index (κ2) is 1.99. The average Bonchev–Trinajstić information content (AvgIpc) is 1.61. The average molecular weight is 178 g/mol. The van der Waals surface area contributed by atoms with Crippen LogP contribution in [0, 0.1) is 0 Å². The Kier molecular flexibility index (Phi) is 2.05. The lowest BCUT2D eigenvalue weighted by atomic mass is 10.5. The predicted molar refractivity (Wildman–Crippen MR) is 61.6 cm³/mol. The molecular weight excluding hydrogens is 152 g/mol. The molecule has 0 aromatic heterocycles. The molecule has 0 rings (SSSR count). The molecule has 0 unspecified atom stereocenters. The molecule has 11 heavy (non-hydrogen) atoms. The van der Waals surface area contributed by atoms with E-state index >= 15 is 0 Å². The van der Waals surface area contributed by atoms with Crippen LogP contribution in [0.1, 0.15) is 27.7 Å². The Morgan fingerprint density at radius 3 is 0.818 bits per heavy atom. The zero-order valence-electron chi connectivity index (χ0n) is 9.56. The van der Waals surface area contributed by atoms with Gasteiger partial charge in [0.2, 0.25) is 0 Å². The van der Waals surface area contributed by atoms with Crippen molar-refractivity contribution in [2.45, 2.75) is 38.2 Å². The molecule has 72 valence electrons. The standard InChI is InChI=1S/C10H26S/c1-9(2)11(5,6,7,8)10(3)4/h9-10H,1-8H3. The Hall–Kier alpha value is 0.350. The summed E-state index contributed by atoms with van der Waals surface area (Å²) >= 11 is 0. The summed E-state index contributed by atoms with van der Waals surface area (Å²) in [5.74, 6) is 0. The van der Waals surface area contributed by atoms with Crippen LogP contribution in [0.3, 0.4) is 0 Å². The van der Waals surface area contributed by atoms with E-state index in [4.69, 9.17) is 0 Å². The van der Waals surface area contributed by atoms with Crippen molar-refractivity contribution in [2.24, 2.45) is 0 Å². The van der Waals surface area contributed by atoms with Crippen molar-refractivity contribution in [2.75, 3.05) is 25.0 Å². The highest BCUT2D eigenvalue weighted by atomic mass is 32.4. The second-order valence-electron chi connectivity index (χ2n) is 6.57. The van der Waals surface area contributed by atoms with Crippen molar-refractivity contribution in [3.63, 3.8) is 0 Å². The van der Waals surface area contributed by atoms with Gasteiger partial charge in [0.1, 0.15) is 0 Å². The highest BCUT2D eigenvalue weighted by molar-refractivity contribution is 8.63. The first kappa shape index (κ1) is 11.4. The topological polar surface area (TPSA) is 0 Å². The van der Waals surface area contributed by atoms with Gasteiger partial charge in [-0.1, -0.05) is 27.7 Å². The van der Waals surface area contributed by atoms with Crippen LogP contribution >= 0.6 is 8.29 Å². The first-order valence-electron chi connectivity index (χ1n) is 4.41. The van der Waals surface area contributed by atoms with E-state index in [1.807, 2.05) is 0 Å². The normalized spacial score (nSPS) is 20.2. The molecule has 0 fully saturated rings. The predicted octanol–water partition coefficient (Wildman–Crippen LogP) is 3.20. The molecule has 0 N–H and O–H groups in total. The monoisotopic (exact) mass is 178 g/mol. The summed E-state index contributed by atoms with van der Waals surface area (Å²) in [6.45, 7) is 9.45. The molecule has 0 aliphatic rings. The van der Waals surface area contributed by atoms with Gasteiger partial charge >= 0.3 is 0 Å². The molecule has 0 aromatic rings. The smallest absolute Gasteiger partial charge is 0.0282 e. The van der Waals surface area contributed by atoms with Crippen LogP contribution in [0.25, 0.3) is 0 Å². The van der Waals surface area contributed by atoms with Crippen LogP contribution in [-0.4, -0.2) is 35.5 Å². The zero-order valence-corrected chi connectivity index (χ0v) is 10.4. The van der Waals surface area contributed by atoms with E-state index in [0.29, 0.717) is 0 Å². The van der Waals surface area contributed by atoms with Gasteiger partial charge in [0.05, 0.1) is 0 Å². The maximum atomic E-state index is 2.50. The molecule has 0 aliphatic heterocycles. The third-order valence-corrected chi connectivity index (χ3v) is 12.9. The molecular formula is C10H26S. The molecule has 0 amide bonds. The lowest BCUT2D eigenvalue weighted by Crippen LogP contribution is -2.46. The van der Waals surface area contributed by atoms with Crippen molar-refractivity contribution in [1.29, 1.82) is 0 Å². The fraction of sp³-hybridized carbons (Fsp3) is 1.00. The Labute approximate surface area is 72.0 Å². The van der Waals surface area contributed by atoms with Crippen LogP contribution in [0.5, 0.6) is 0 Å². The van der Waals surface area contributed by atoms with Gasteiger partial charge in [0.15, 0.2) is 0 Å². The Balaban J connectivity index is 5.19. The number of rotatable bonds is 2. The molecule has 0 aliphatic carbocycles. The highest BCUT2D eigenvalue weighted by Gasteiger charge is 2.48. The van der Waals surface area contributed by atoms with Gasteiger partial charge < -0.3 is 0 Å². The second-order valence-corrected chi connectivity index (χ2v) is 17.4. The summed E-state index contributed by atoms with van der Waals surface area (Å²) in [6, 6.07) is 0. The minimum Gasteiger partial charge on any atom is -0.280 e. The van der Waals surface area contributed by atoms with Crippen molar-refractivity contribution in [1.82, 2.24) is 0 Å². The fourth-order valence-electron chi connectivity index (χ4n) is 0.544. The van der Waals surface area contributed by atoms with Crippen LogP contribution < -0.4 is 0 Å². The first-order chi connectivity index (χ1) is 4.41. The molecule has 0 spiro atoms. The van der Waals surface area contributed by atoms with E-state index < -0.39 is 8.29 Å². The minimum atomic E-state index is -1.76. The van der Waals surface area contributed by atoms with Crippen LogP contribution in [0.15, 0.2) is 0 Å². The third-order valence-electron chi connectivity index (χ3n) is 4.32. The van der Waals surface area contributed by atoms with E-state index in [0.717, 1.165) is 10.5 Å². The fourth-order valence-corrected chi connectivity index (χ4v) is 1.63. The maximum absolute atomic E-state index is 2.50. The van der Waals surface area contributed by atoms with E-state index in [2.05, 4.69) is 52.7 Å². The van der Waals surface area contributed by atoms with Crippen LogP contribution in [0.2, 0.25) is 0 Å². The van der Waals surface area contributed by atoms with Gasteiger partial charge in [-0.05, 0) is 35.5 Å². The van der Waals surface area contributed by atoms with Crippen molar-refractivity contribution < 1.29 is 0 Å². The number of hydrogen-bond acceptors (Lipinski definition) is 0. The lowest BCUT2D eigenvalue weighted by molar-refractivity contribution is 0.971. The highest BCUT2D eigenvalue weighted by Crippen LogP contribution is 2.84. The minimum absolute atomic E-state index is 0.801. The summed E-state index contributed by atoms with van der Waals surface area (Å²) in [5.41, 5.74) is 0. The molecule has 0 bridgehead atoms. The van der Waals surface area contributed by atoms with Gasteiger partial charge in [-0.2, -0.15) is 0 Å². The van der Waals surface area contributed by atoms with Crippen LogP contribution in [0.4, 0.5) is 0 Å². The molecule has 0 aromatic carbocycles. The summed E-state index contributed by atoms with van der Waals surface area (Å²) in [7, 11) is -1.76. The van der Waals surface area contributed by atoms with Crippen molar-refractivity contribution in [3.8, 4) is 0 Å².